The van der Waals surface area contributed by atoms with Crippen LogP contribution in [-0.4, -0.2) is 20.2 Å². The lowest BCUT2D eigenvalue weighted by Gasteiger charge is -2.06. The number of benzene rings is 1. The minimum absolute atomic E-state index is 0.219. The van der Waals surface area contributed by atoms with Crippen LogP contribution in [-0.2, 0) is 29.2 Å². The Labute approximate surface area is 123 Å². The van der Waals surface area contributed by atoms with Crippen LogP contribution in [0, 0.1) is 0 Å². The third-order valence-electron chi connectivity index (χ3n) is 2.98. The van der Waals surface area contributed by atoms with Crippen molar-refractivity contribution in [3.63, 3.8) is 0 Å². The minimum atomic E-state index is -0.464. The number of furan rings is 1. The van der Waals surface area contributed by atoms with Crippen molar-refractivity contribution in [1.82, 2.24) is 5.32 Å². The molecule has 1 heterocycles. The fourth-order valence-electron chi connectivity index (χ4n) is 2.01. The molecule has 0 radical (unpaired) electrons. The molecule has 0 saturated heterocycles. The smallest absolute Gasteiger partial charge is 0.373 e. The van der Waals surface area contributed by atoms with E-state index < -0.39 is 5.97 Å². The van der Waals surface area contributed by atoms with Gasteiger partial charge in [0.2, 0.25) is 5.76 Å². The van der Waals surface area contributed by atoms with Crippen molar-refractivity contribution in [3.8, 4) is 0 Å². The summed E-state index contributed by atoms with van der Waals surface area (Å²) < 4.78 is 15.1. The van der Waals surface area contributed by atoms with E-state index in [1.807, 2.05) is 18.2 Å². The number of rotatable bonds is 7. The first kappa shape index (κ1) is 15.3. The first-order valence-electron chi connectivity index (χ1n) is 6.67. The molecule has 0 saturated carbocycles. The molecule has 5 nitrogen and oxygen atoms in total. The molecule has 2 rings (SSSR count). The molecule has 112 valence electrons. The van der Waals surface area contributed by atoms with Crippen molar-refractivity contribution in [2.45, 2.75) is 19.7 Å². The second kappa shape index (κ2) is 7.61. The Bertz CT molecular complexity index is 591. The van der Waals surface area contributed by atoms with Gasteiger partial charge in [0.25, 0.3) is 0 Å². The summed E-state index contributed by atoms with van der Waals surface area (Å²) >= 11 is 0. The second-order valence-corrected chi connectivity index (χ2v) is 4.61. The Balaban J connectivity index is 1.85. The summed E-state index contributed by atoms with van der Waals surface area (Å²) in [6.45, 7) is 1.87. The minimum Gasteiger partial charge on any atom is -0.463 e. The average molecular weight is 289 g/mol. The molecule has 0 aliphatic rings. The molecule has 0 aliphatic carbocycles. The number of ether oxygens (including phenoxy) is 2. The van der Waals surface area contributed by atoms with E-state index in [0.29, 0.717) is 25.5 Å². The Morgan fingerprint density at radius 3 is 2.71 bits per heavy atom. The average Bonchev–Trinajstić information content (AvgIpc) is 2.96. The van der Waals surface area contributed by atoms with Crippen LogP contribution in [0.3, 0.4) is 0 Å². The normalized spacial score (nSPS) is 10.6. The fourth-order valence-corrected chi connectivity index (χ4v) is 2.01. The molecule has 0 fully saturated rings. The van der Waals surface area contributed by atoms with Gasteiger partial charge < -0.3 is 19.2 Å². The van der Waals surface area contributed by atoms with E-state index in [9.17, 15) is 4.79 Å². The number of esters is 1. The lowest BCUT2D eigenvalue weighted by atomic mass is 10.1. The maximum absolute atomic E-state index is 11.3. The van der Waals surface area contributed by atoms with Crippen LogP contribution in [0.4, 0.5) is 0 Å². The fraction of sp³-hybridized carbons (Fsp3) is 0.312. The van der Waals surface area contributed by atoms with Gasteiger partial charge >= 0.3 is 5.97 Å². The number of carbonyl (C=O) groups excluding carboxylic acids is 1. The summed E-state index contributed by atoms with van der Waals surface area (Å²) in [5, 5.41) is 3.27. The maximum Gasteiger partial charge on any atom is 0.373 e. The van der Waals surface area contributed by atoms with E-state index in [1.54, 1.807) is 19.2 Å². The van der Waals surface area contributed by atoms with Gasteiger partial charge in [-0.05, 0) is 23.3 Å². The zero-order chi connectivity index (χ0) is 15.1. The first-order valence-corrected chi connectivity index (χ1v) is 6.67. The summed E-state index contributed by atoms with van der Waals surface area (Å²) in [6.07, 6.45) is 0. The second-order valence-electron chi connectivity index (χ2n) is 4.61. The van der Waals surface area contributed by atoms with Gasteiger partial charge in [0.15, 0.2) is 0 Å². The summed E-state index contributed by atoms with van der Waals surface area (Å²) in [4.78, 5) is 11.3. The third kappa shape index (κ3) is 4.44. The van der Waals surface area contributed by atoms with Crippen LogP contribution >= 0.6 is 0 Å². The van der Waals surface area contributed by atoms with Crippen LogP contribution in [0.2, 0.25) is 0 Å². The summed E-state index contributed by atoms with van der Waals surface area (Å²) in [5.74, 6) is 0.452. The topological polar surface area (TPSA) is 60.7 Å². The molecule has 0 amide bonds. The van der Waals surface area contributed by atoms with Gasteiger partial charge in [0, 0.05) is 13.7 Å². The molecule has 5 heteroatoms. The molecule has 1 aromatic carbocycles. The van der Waals surface area contributed by atoms with Crippen LogP contribution < -0.4 is 5.32 Å². The van der Waals surface area contributed by atoms with E-state index in [0.717, 1.165) is 5.56 Å². The van der Waals surface area contributed by atoms with E-state index in [4.69, 9.17) is 9.15 Å². The lowest BCUT2D eigenvalue weighted by molar-refractivity contribution is 0.0563. The summed E-state index contributed by atoms with van der Waals surface area (Å²) in [7, 11) is 3.01. The lowest BCUT2D eigenvalue weighted by Crippen LogP contribution is -2.12. The molecule has 0 atom stereocenters. The SMILES string of the molecule is COCc1cccc(CNCc2ccc(C(=O)OC)o2)c1. The predicted octanol–water partition coefficient (Wildman–Crippen LogP) is 2.50. The largest absolute Gasteiger partial charge is 0.463 e. The Hall–Kier alpha value is -2.11. The predicted molar refractivity (Wildman–Crippen MR) is 77.7 cm³/mol. The van der Waals surface area contributed by atoms with E-state index in [1.165, 1.54) is 12.7 Å². The zero-order valence-corrected chi connectivity index (χ0v) is 12.2. The van der Waals surface area contributed by atoms with Gasteiger partial charge in [-0.25, -0.2) is 4.79 Å². The van der Waals surface area contributed by atoms with Crippen molar-refractivity contribution in [2.75, 3.05) is 14.2 Å². The Morgan fingerprint density at radius 1 is 1.14 bits per heavy atom. The first-order chi connectivity index (χ1) is 10.2. The molecule has 0 aliphatic heterocycles. The van der Waals surface area contributed by atoms with Gasteiger partial charge in [0.1, 0.15) is 5.76 Å². The van der Waals surface area contributed by atoms with Crippen molar-refractivity contribution < 1.29 is 18.7 Å². The molecule has 2 aromatic rings. The van der Waals surface area contributed by atoms with Gasteiger partial charge in [-0.2, -0.15) is 0 Å². The van der Waals surface area contributed by atoms with Crippen LogP contribution in [0.5, 0.6) is 0 Å². The molecule has 0 unspecified atom stereocenters. The summed E-state index contributed by atoms with van der Waals surface area (Å²) in [5.41, 5.74) is 2.31. The quantitative estimate of drug-likeness (QED) is 0.794. The number of nitrogens with one attached hydrogen (secondary N) is 1. The van der Waals surface area contributed by atoms with E-state index in [-0.39, 0.29) is 5.76 Å². The molecule has 21 heavy (non-hydrogen) atoms. The molecular weight excluding hydrogens is 270 g/mol. The van der Waals surface area contributed by atoms with Gasteiger partial charge in [0.05, 0.1) is 20.3 Å². The highest BCUT2D eigenvalue weighted by atomic mass is 16.5. The highest BCUT2D eigenvalue weighted by molar-refractivity contribution is 5.86. The van der Waals surface area contributed by atoms with E-state index >= 15 is 0 Å². The maximum atomic E-state index is 11.3. The Morgan fingerprint density at radius 2 is 1.95 bits per heavy atom. The number of hydrogen-bond acceptors (Lipinski definition) is 5. The molecular formula is C16H19NO4. The monoisotopic (exact) mass is 289 g/mol. The molecule has 1 N–H and O–H groups in total. The summed E-state index contributed by atoms with van der Waals surface area (Å²) in [6, 6.07) is 11.6. The highest BCUT2D eigenvalue weighted by Crippen LogP contribution is 2.10. The number of carbonyl (C=O) groups is 1. The van der Waals surface area contributed by atoms with Gasteiger partial charge in [-0.3, -0.25) is 0 Å². The van der Waals surface area contributed by atoms with Crippen molar-refractivity contribution in [2.24, 2.45) is 0 Å². The highest BCUT2D eigenvalue weighted by Gasteiger charge is 2.10. The standard InChI is InChI=1S/C16H19NO4/c1-19-11-13-5-3-4-12(8-13)9-17-10-14-6-7-15(21-14)16(18)20-2/h3-8,17H,9-11H2,1-2H3. The Kier molecular flexibility index (Phi) is 5.54. The van der Waals surface area contributed by atoms with Crippen molar-refractivity contribution >= 4 is 5.97 Å². The van der Waals surface area contributed by atoms with Gasteiger partial charge in [-0.15, -0.1) is 0 Å². The van der Waals surface area contributed by atoms with Crippen LogP contribution in [0.15, 0.2) is 40.8 Å². The molecule has 1 aromatic heterocycles. The van der Waals surface area contributed by atoms with Crippen LogP contribution in [0.1, 0.15) is 27.4 Å². The van der Waals surface area contributed by atoms with Crippen molar-refractivity contribution in [3.05, 3.63) is 59.0 Å². The molecule has 0 bridgehead atoms. The van der Waals surface area contributed by atoms with Gasteiger partial charge in [-0.1, -0.05) is 24.3 Å². The van der Waals surface area contributed by atoms with E-state index in [2.05, 4.69) is 16.1 Å². The third-order valence-corrected chi connectivity index (χ3v) is 2.98. The van der Waals surface area contributed by atoms with Crippen LogP contribution in [0.25, 0.3) is 0 Å². The number of hydrogen-bond donors (Lipinski definition) is 1. The van der Waals surface area contributed by atoms with Crippen molar-refractivity contribution in [1.29, 1.82) is 0 Å². The number of methoxy groups -OCH3 is 2. The zero-order valence-electron chi connectivity index (χ0n) is 12.2. The molecule has 0 spiro atoms.